The normalized spacial score (nSPS) is 11.2. The van der Waals surface area contributed by atoms with Gasteiger partial charge in [-0.2, -0.15) is 0 Å². The number of carbonyl (C=O) groups is 1. The molecule has 0 fully saturated rings. The molecule has 0 spiro atoms. The molecule has 1 amide bonds. The lowest BCUT2D eigenvalue weighted by molar-refractivity contribution is 0.0980. The Morgan fingerprint density at radius 1 is 1.24 bits per heavy atom. The van der Waals surface area contributed by atoms with E-state index < -0.39 is 0 Å². The molecule has 0 unspecified atom stereocenters. The van der Waals surface area contributed by atoms with Gasteiger partial charge in [0.2, 0.25) is 0 Å². The van der Waals surface area contributed by atoms with Crippen LogP contribution in [0.5, 0.6) is 0 Å². The Morgan fingerprint density at radius 2 is 2.04 bits per heavy atom. The molecule has 0 aliphatic rings. The van der Waals surface area contributed by atoms with E-state index in [9.17, 15) is 4.79 Å². The predicted molar refractivity (Wildman–Crippen MR) is 102 cm³/mol. The van der Waals surface area contributed by atoms with Crippen LogP contribution >= 0.6 is 22.9 Å². The van der Waals surface area contributed by atoms with Crippen molar-refractivity contribution in [3.63, 3.8) is 0 Å². The van der Waals surface area contributed by atoms with Gasteiger partial charge in [-0.1, -0.05) is 29.0 Å². The van der Waals surface area contributed by atoms with E-state index in [0.717, 1.165) is 15.8 Å². The van der Waals surface area contributed by atoms with Crippen molar-refractivity contribution in [3.8, 4) is 0 Å². The highest BCUT2D eigenvalue weighted by atomic mass is 35.5. The van der Waals surface area contributed by atoms with Gasteiger partial charge in [-0.05, 0) is 32.6 Å². The van der Waals surface area contributed by atoms with Crippen molar-refractivity contribution in [2.45, 2.75) is 6.92 Å². The summed E-state index contributed by atoms with van der Waals surface area (Å²) in [6.45, 7) is 3.18. The highest BCUT2D eigenvalue weighted by Gasteiger charge is 2.23. The number of hydrogen-bond donors (Lipinski definition) is 0. The Kier molecular flexibility index (Phi) is 5.27. The van der Waals surface area contributed by atoms with Crippen LogP contribution < -0.4 is 4.90 Å². The summed E-state index contributed by atoms with van der Waals surface area (Å²) in [7, 11) is 3.93. The first-order chi connectivity index (χ1) is 12.0. The summed E-state index contributed by atoms with van der Waals surface area (Å²) in [4.78, 5) is 29.4. The number of aryl methyl sites for hydroxylation is 1. The molecule has 2 aromatic heterocycles. The number of nitrogens with zero attached hydrogens (tertiary/aromatic N) is 5. The number of carbonyl (C=O) groups excluding carboxylic acids is 1. The summed E-state index contributed by atoms with van der Waals surface area (Å²) >= 11 is 7.72. The lowest BCUT2D eigenvalue weighted by Gasteiger charge is -2.21. The van der Waals surface area contributed by atoms with Crippen molar-refractivity contribution in [1.29, 1.82) is 0 Å². The Bertz CT molecular complexity index is 858. The van der Waals surface area contributed by atoms with Crippen molar-refractivity contribution >= 4 is 44.2 Å². The van der Waals surface area contributed by atoms with Crippen molar-refractivity contribution in [2.75, 3.05) is 32.1 Å². The van der Waals surface area contributed by atoms with Crippen molar-refractivity contribution in [2.24, 2.45) is 0 Å². The third kappa shape index (κ3) is 3.78. The molecule has 0 N–H and O–H groups in total. The third-order valence-corrected chi connectivity index (χ3v) is 5.25. The molecule has 1 aromatic carbocycles. The van der Waals surface area contributed by atoms with Crippen molar-refractivity contribution in [3.05, 3.63) is 47.0 Å². The molecule has 0 bridgehead atoms. The average Bonchev–Trinajstić information content (AvgIpc) is 3.05. The summed E-state index contributed by atoms with van der Waals surface area (Å²) in [5.41, 5.74) is 2.15. The Balaban J connectivity index is 2.04. The maximum Gasteiger partial charge on any atom is 0.280 e. The van der Waals surface area contributed by atoms with Gasteiger partial charge in [-0.15, -0.1) is 0 Å². The van der Waals surface area contributed by atoms with E-state index in [1.165, 1.54) is 23.7 Å². The van der Waals surface area contributed by atoms with Crippen LogP contribution in [0.2, 0.25) is 5.02 Å². The van der Waals surface area contributed by atoms with E-state index in [2.05, 4.69) is 15.0 Å². The highest BCUT2D eigenvalue weighted by molar-refractivity contribution is 7.23. The van der Waals surface area contributed by atoms with Crippen LogP contribution in [0.1, 0.15) is 16.1 Å². The Hall–Kier alpha value is -2.09. The standard InChI is InChI=1S/C17H18ClN5OS/c1-11-4-5-12(18)15-14(11)21-17(25-15)23(9-8-22(2)3)16(24)13-10-19-6-7-20-13/h4-7,10H,8-9H2,1-3H3. The molecule has 0 aliphatic carbocycles. The minimum absolute atomic E-state index is 0.220. The zero-order chi connectivity index (χ0) is 18.0. The highest BCUT2D eigenvalue weighted by Crippen LogP contribution is 2.35. The van der Waals surface area contributed by atoms with Crippen LogP contribution in [0.3, 0.4) is 0 Å². The molecule has 3 aromatic rings. The van der Waals surface area contributed by atoms with Gasteiger partial charge in [-0.3, -0.25) is 14.7 Å². The van der Waals surface area contributed by atoms with Gasteiger partial charge in [0.15, 0.2) is 5.13 Å². The van der Waals surface area contributed by atoms with Crippen LogP contribution in [-0.4, -0.2) is 52.9 Å². The number of anilines is 1. The lowest BCUT2D eigenvalue weighted by atomic mass is 10.2. The predicted octanol–water partition coefficient (Wildman–Crippen LogP) is 3.26. The Labute approximate surface area is 155 Å². The summed E-state index contributed by atoms with van der Waals surface area (Å²) in [5.74, 6) is -0.220. The molecule has 8 heteroatoms. The lowest BCUT2D eigenvalue weighted by Crippen LogP contribution is -2.37. The van der Waals surface area contributed by atoms with Gasteiger partial charge in [0.05, 0.1) is 21.4 Å². The molecule has 25 heavy (non-hydrogen) atoms. The molecule has 0 saturated heterocycles. The maximum atomic E-state index is 12.9. The summed E-state index contributed by atoms with van der Waals surface area (Å²) < 4.78 is 0.887. The van der Waals surface area contributed by atoms with E-state index in [0.29, 0.717) is 28.9 Å². The molecular weight excluding hydrogens is 358 g/mol. The van der Waals surface area contributed by atoms with Gasteiger partial charge >= 0.3 is 0 Å². The number of benzene rings is 1. The van der Waals surface area contributed by atoms with E-state index >= 15 is 0 Å². The van der Waals surface area contributed by atoms with E-state index in [1.54, 1.807) is 11.1 Å². The quantitative estimate of drug-likeness (QED) is 0.685. The van der Waals surface area contributed by atoms with Gasteiger partial charge in [0, 0.05) is 25.5 Å². The third-order valence-electron chi connectivity index (χ3n) is 3.72. The number of hydrogen-bond acceptors (Lipinski definition) is 6. The van der Waals surface area contributed by atoms with Crippen molar-refractivity contribution in [1.82, 2.24) is 19.9 Å². The first kappa shape index (κ1) is 17.7. The monoisotopic (exact) mass is 375 g/mol. The van der Waals surface area contributed by atoms with Gasteiger partial charge in [0.25, 0.3) is 5.91 Å². The van der Waals surface area contributed by atoms with Crippen molar-refractivity contribution < 1.29 is 4.79 Å². The average molecular weight is 376 g/mol. The fourth-order valence-electron chi connectivity index (χ4n) is 2.34. The number of thiazole rings is 1. The largest absolute Gasteiger partial charge is 0.308 e. The zero-order valence-electron chi connectivity index (χ0n) is 14.2. The number of amides is 1. The second kappa shape index (κ2) is 7.43. The van der Waals surface area contributed by atoms with E-state index in [-0.39, 0.29) is 5.91 Å². The van der Waals surface area contributed by atoms with Crippen LogP contribution in [0.25, 0.3) is 10.2 Å². The second-order valence-electron chi connectivity index (χ2n) is 5.89. The minimum Gasteiger partial charge on any atom is -0.308 e. The molecular formula is C17H18ClN5OS. The van der Waals surface area contributed by atoms with Crippen LogP contribution in [-0.2, 0) is 0 Å². The SMILES string of the molecule is Cc1ccc(Cl)c2sc(N(CCN(C)C)C(=O)c3cnccn3)nc12. The summed E-state index contributed by atoms with van der Waals surface area (Å²) in [6.07, 6.45) is 4.52. The second-order valence-corrected chi connectivity index (χ2v) is 7.27. The van der Waals surface area contributed by atoms with E-state index in [4.69, 9.17) is 11.6 Å². The van der Waals surface area contributed by atoms with Crippen LogP contribution in [0.15, 0.2) is 30.7 Å². The molecule has 0 aliphatic heterocycles. The van der Waals surface area contributed by atoms with Crippen LogP contribution in [0.4, 0.5) is 5.13 Å². The van der Waals surface area contributed by atoms with Gasteiger partial charge in [-0.25, -0.2) is 9.97 Å². The first-order valence-corrected chi connectivity index (χ1v) is 8.95. The van der Waals surface area contributed by atoms with E-state index in [1.807, 2.05) is 38.1 Å². The Morgan fingerprint density at radius 3 is 2.68 bits per heavy atom. The molecule has 0 radical (unpaired) electrons. The number of fused-ring (bicyclic) bond motifs is 1. The number of halogens is 1. The first-order valence-electron chi connectivity index (χ1n) is 7.75. The fraction of sp³-hybridized carbons (Fsp3) is 0.294. The van der Waals surface area contributed by atoms with Gasteiger partial charge < -0.3 is 4.90 Å². The van der Waals surface area contributed by atoms with Gasteiger partial charge in [0.1, 0.15) is 5.69 Å². The number of aromatic nitrogens is 3. The maximum absolute atomic E-state index is 12.9. The smallest absolute Gasteiger partial charge is 0.280 e. The summed E-state index contributed by atoms with van der Waals surface area (Å²) in [5, 5.41) is 1.26. The van der Waals surface area contributed by atoms with Crippen LogP contribution in [0, 0.1) is 6.92 Å². The number of rotatable bonds is 5. The zero-order valence-corrected chi connectivity index (χ0v) is 15.8. The molecule has 6 nitrogen and oxygen atoms in total. The molecule has 0 atom stereocenters. The molecule has 3 rings (SSSR count). The minimum atomic E-state index is -0.220. The summed E-state index contributed by atoms with van der Waals surface area (Å²) in [6, 6.07) is 3.79. The fourth-order valence-corrected chi connectivity index (χ4v) is 3.68. The number of likely N-dealkylation sites (N-methyl/N-ethyl adjacent to an activating group) is 1. The molecule has 0 saturated carbocycles. The molecule has 2 heterocycles. The molecule has 130 valence electrons. The topological polar surface area (TPSA) is 62.2 Å².